The molecule has 0 radical (unpaired) electrons. The van der Waals surface area contributed by atoms with Gasteiger partial charge in [-0.3, -0.25) is 4.79 Å². The highest BCUT2D eigenvalue weighted by Gasteiger charge is 2.32. The van der Waals surface area contributed by atoms with Crippen LogP contribution in [-0.2, 0) is 4.79 Å². The number of piperidine rings is 1. The lowest BCUT2D eigenvalue weighted by atomic mass is 9.85. The lowest BCUT2D eigenvalue weighted by Crippen LogP contribution is -2.55. The van der Waals surface area contributed by atoms with E-state index in [1.165, 1.54) is 0 Å². The molecule has 0 aromatic carbocycles. The van der Waals surface area contributed by atoms with Crippen molar-refractivity contribution in [1.29, 1.82) is 0 Å². The Morgan fingerprint density at radius 1 is 1.77 bits per heavy atom. The molecular formula is C9H17N3O. The van der Waals surface area contributed by atoms with E-state index in [9.17, 15) is 4.79 Å². The van der Waals surface area contributed by atoms with E-state index in [1.807, 2.05) is 6.92 Å². The second-order valence-electron chi connectivity index (χ2n) is 3.58. The van der Waals surface area contributed by atoms with Gasteiger partial charge in [0, 0.05) is 30.6 Å². The summed E-state index contributed by atoms with van der Waals surface area (Å²) in [5.41, 5.74) is 11.7. The normalized spacial score (nSPS) is 34.6. The summed E-state index contributed by atoms with van der Waals surface area (Å²) in [6, 6.07) is -0.0191. The first-order valence-corrected chi connectivity index (χ1v) is 4.49. The summed E-state index contributed by atoms with van der Waals surface area (Å²) < 4.78 is 0. The summed E-state index contributed by atoms with van der Waals surface area (Å²) in [4.78, 5) is 11.4. The Kier molecular flexibility index (Phi) is 3.06. The van der Waals surface area contributed by atoms with Crippen LogP contribution in [0.4, 0.5) is 0 Å². The molecule has 1 fully saturated rings. The van der Waals surface area contributed by atoms with E-state index in [4.69, 9.17) is 11.5 Å². The molecule has 0 aromatic heterocycles. The minimum Gasteiger partial charge on any atom is -0.402 e. The SMILES string of the molecule is C=C(N)C1CC(=O)C(C)NC1CN. The maximum absolute atomic E-state index is 11.4. The predicted molar refractivity (Wildman–Crippen MR) is 51.9 cm³/mol. The minimum atomic E-state index is -0.107. The number of Topliss-reactive ketones (excluding diaryl/α,β-unsaturated/α-hetero) is 1. The van der Waals surface area contributed by atoms with Gasteiger partial charge in [-0.05, 0) is 6.92 Å². The molecule has 0 aromatic rings. The van der Waals surface area contributed by atoms with Gasteiger partial charge in [0.2, 0.25) is 0 Å². The van der Waals surface area contributed by atoms with Crippen molar-refractivity contribution in [1.82, 2.24) is 5.32 Å². The molecule has 1 heterocycles. The summed E-state index contributed by atoms with van der Waals surface area (Å²) in [7, 11) is 0. The molecule has 5 N–H and O–H groups in total. The molecule has 4 heteroatoms. The molecule has 0 amide bonds. The van der Waals surface area contributed by atoms with Crippen LogP contribution < -0.4 is 16.8 Å². The number of hydrogen-bond donors (Lipinski definition) is 3. The number of hydrogen-bond acceptors (Lipinski definition) is 4. The Morgan fingerprint density at radius 3 is 2.85 bits per heavy atom. The lowest BCUT2D eigenvalue weighted by Gasteiger charge is -2.34. The molecule has 3 unspecified atom stereocenters. The quantitative estimate of drug-likeness (QED) is 0.531. The Balaban J connectivity index is 2.72. The molecular weight excluding hydrogens is 166 g/mol. The van der Waals surface area contributed by atoms with E-state index in [1.54, 1.807) is 0 Å². The highest BCUT2D eigenvalue weighted by Crippen LogP contribution is 2.20. The standard InChI is InChI=1S/C9H17N3O/c1-5(11)7-3-9(13)6(2)12-8(7)4-10/h6-8,12H,1,3-4,10-11H2,2H3. The topological polar surface area (TPSA) is 81.1 Å². The zero-order valence-electron chi connectivity index (χ0n) is 7.92. The first-order chi connectivity index (χ1) is 6.06. The average Bonchev–Trinajstić information content (AvgIpc) is 2.08. The molecule has 0 spiro atoms. The van der Waals surface area contributed by atoms with Crippen LogP contribution in [0.5, 0.6) is 0 Å². The molecule has 1 rings (SSSR count). The van der Waals surface area contributed by atoms with Crippen molar-refractivity contribution < 1.29 is 4.79 Å². The molecule has 13 heavy (non-hydrogen) atoms. The van der Waals surface area contributed by atoms with Gasteiger partial charge in [-0.15, -0.1) is 0 Å². The van der Waals surface area contributed by atoms with Gasteiger partial charge in [-0.25, -0.2) is 0 Å². The summed E-state index contributed by atoms with van der Waals surface area (Å²) in [6.07, 6.45) is 0.464. The van der Waals surface area contributed by atoms with E-state index in [-0.39, 0.29) is 23.8 Å². The van der Waals surface area contributed by atoms with Gasteiger partial charge in [0.1, 0.15) is 5.78 Å². The Bertz CT molecular complexity index is 227. The fourth-order valence-corrected chi connectivity index (χ4v) is 1.69. The van der Waals surface area contributed by atoms with Crippen LogP contribution in [0.15, 0.2) is 12.3 Å². The molecule has 3 atom stereocenters. The monoisotopic (exact) mass is 183 g/mol. The number of carbonyl (C=O) groups is 1. The molecule has 0 aliphatic carbocycles. The number of nitrogens with one attached hydrogen (secondary N) is 1. The number of rotatable bonds is 2. The van der Waals surface area contributed by atoms with Crippen LogP contribution in [0.1, 0.15) is 13.3 Å². The van der Waals surface area contributed by atoms with Gasteiger partial charge in [0.25, 0.3) is 0 Å². The maximum Gasteiger partial charge on any atom is 0.150 e. The van der Waals surface area contributed by atoms with Crippen molar-refractivity contribution in [2.24, 2.45) is 17.4 Å². The first kappa shape index (κ1) is 10.2. The third-order valence-electron chi connectivity index (χ3n) is 2.58. The van der Waals surface area contributed by atoms with Crippen LogP contribution >= 0.6 is 0 Å². The van der Waals surface area contributed by atoms with Crippen LogP contribution in [0.25, 0.3) is 0 Å². The Hall–Kier alpha value is -0.870. The highest BCUT2D eigenvalue weighted by molar-refractivity contribution is 5.85. The number of carbonyl (C=O) groups excluding carboxylic acids is 1. The third-order valence-corrected chi connectivity index (χ3v) is 2.58. The largest absolute Gasteiger partial charge is 0.402 e. The minimum absolute atomic E-state index is 0.00583. The summed E-state index contributed by atoms with van der Waals surface area (Å²) >= 11 is 0. The van der Waals surface area contributed by atoms with Gasteiger partial charge in [0.15, 0.2) is 0 Å². The second-order valence-corrected chi connectivity index (χ2v) is 3.58. The van der Waals surface area contributed by atoms with Crippen LogP contribution in [0.3, 0.4) is 0 Å². The maximum atomic E-state index is 11.4. The zero-order chi connectivity index (χ0) is 10.0. The fraction of sp³-hybridized carbons (Fsp3) is 0.667. The molecule has 1 saturated heterocycles. The van der Waals surface area contributed by atoms with Crippen molar-refractivity contribution in [3.63, 3.8) is 0 Å². The van der Waals surface area contributed by atoms with Crippen molar-refractivity contribution in [2.75, 3.05) is 6.54 Å². The number of nitrogens with two attached hydrogens (primary N) is 2. The van der Waals surface area contributed by atoms with Gasteiger partial charge in [0.05, 0.1) is 6.04 Å². The smallest absolute Gasteiger partial charge is 0.150 e. The van der Waals surface area contributed by atoms with E-state index in [0.29, 0.717) is 18.7 Å². The number of ketones is 1. The van der Waals surface area contributed by atoms with Gasteiger partial charge < -0.3 is 16.8 Å². The van der Waals surface area contributed by atoms with Gasteiger partial charge >= 0.3 is 0 Å². The van der Waals surface area contributed by atoms with E-state index in [0.717, 1.165) is 0 Å². The Labute approximate surface area is 78.4 Å². The molecule has 4 nitrogen and oxygen atoms in total. The van der Waals surface area contributed by atoms with Gasteiger partial charge in [-0.1, -0.05) is 6.58 Å². The first-order valence-electron chi connectivity index (χ1n) is 4.49. The molecule has 1 aliphatic rings. The molecule has 74 valence electrons. The summed E-state index contributed by atoms with van der Waals surface area (Å²) in [5, 5.41) is 3.13. The molecule has 0 saturated carbocycles. The van der Waals surface area contributed by atoms with Crippen molar-refractivity contribution in [2.45, 2.75) is 25.4 Å². The molecule has 0 bridgehead atoms. The van der Waals surface area contributed by atoms with Crippen LogP contribution in [-0.4, -0.2) is 24.4 Å². The van der Waals surface area contributed by atoms with E-state index < -0.39 is 0 Å². The fourth-order valence-electron chi connectivity index (χ4n) is 1.69. The van der Waals surface area contributed by atoms with Crippen molar-refractivity contribution in [3.8, 4) is 0 Å². The summed E-state index contributed by atoms with van der Waals surface area (Å²) in [5.74, 6) is 0.176. The lowest BCUT2D eigenvalue weighted by molar-refractivity contribution is -0.123. The third kappa shape index (κ3) is 2.08. The van der Waals surface area contributed by atoms with Crippen molar-refractivity contribution >= 4 is 5.78 Å². The van der Waals surface area contributed by atoms with E-state index >= 15 is 0 Å². The Morgan fingerprint density at radius 2 is 2.38 bits per heavy atom. The summed E-state index contributed by atoms with van der Waals surface area (Å²) in [6.45, 7) is 6.00. The van der Waals surface area contributed by atoms with Crippen LogP contribution in [0, 0.1) is 5.92 Å². The second kappa shape index (κ2) is 3.89. The van der Waals surface area contributed by atoms with Crippen molar-refractivity contribution in [3.05, 3.63) is 12.3 Å². The van der Waals surface area contributed by atoms with Gasteiger partial charge in [-0.2, -0.15) is 0 Å². The van der Waals surface area contributed by atoms with E-state index in [2.05, 4.69) is 11.9 Å². The average molecular weight is 183 g/mol. The molecule has 1 aliphatic heterocycles. The highest BCUT2D eigenvalue weighted by atomic mass is 16.1. The zero-order valence-corrected chi connectivity index (χ0v) is 7.92. The predicted octanol–water partition coefficient (Wildman–Crippen LogP) is -0.647. The van der Waals surface area contributed by atoms with Crippen LogP contribution in [0.2, 0.25) is 0 Å².